The lowest BCUT2D eigenvalue weighted by atomic mass is 10.1. The quantitative estimate of drug-likeness (QED) is 0.759. The molecule has 16 heavy (non-hydrogen) atoms. The first-order chi connectivity index (χ1) is 8.17. The molecule has 0 heterocycles. The molecule has 0 saturated carbocycles. The number of alkyl carbamates (subject to hydrolysis) is 1. The van der Waals surface area contributed by atoms with E-state index in [1.54, 1.807) is 20.8 Å². The minimum atomic E-state index is -1.90. The summed E-state index contributed by atoms with van der Waals surface area (Å²) < 4.78 is 23.7. The topological polar surface area (TPSA) is 84.9 Å². The van der Waals surface area contributed by atoms with Gasteiger partial charge in [0.1, 0.15) is 5.60 Å². The number of carbonyl (C=O) groups is 2. The van der Waals surface area contributed by atoms with Crippen LogP contribution in [-0.2, 0) is 14.3 Å². The van der Waals surface area contributed by atoms with E-state index in [4.69, 9.17) is 12.6 Å². The van der Waals surface area contributed by atoms with E-state index in [9.17, 15) is 9.59 Å². The minimum absolute atomic E-state index is 0.453. The van der Waals surface area contributed by atoms with Crippen LogP contribution < -0.4 is 5.32 Å². The van der Waals surface area contributed by atoms with Crippen molar-refractivity contribution in [2.75, 3.05) is 13.7 Å². The van der Waals surface area contributed by atoms with Crippen molar-refractivity contribution in [2.45, 2.75) is 38.8 Å². The molecular weight excluding hydrogens is 214 g/mol. The lowest BCUT2D eigenvalue weighted by molar-refractivity contribution is -0.146. The van der Waals surface area contributed by atoms with Crippen LogP contribution in [-0.4, -0.2) is 42.0 Å². The second-order valence-corrected chi connectivity index (χ2v) is 4.36. The van der Waals surface area contributed by atoms with Crippen molar-refractivity contribution in [1.82, 2.24) is 5.32 Å². The van der Waals surface area contributed by atoms with Crippen molar-refractivity contribution in [3.05, 3.63) is 0 Å². The van der Waals surface area contributed by atoms with Crippen LogP contribution in [0.15, 0.2) is 0 Å². The van der Waals surface area contributed by atoms with E-state index >= 15 is 0 Å². The largest absolute Gasteiger partial charge is 0.479 e. The summed E-state index contributed by atoms with van der Waals surface area (Å²) in [6.07, 6.45) is -0.939. The minimum Gasteiger partial charge on any atom is -0.479 e. The molecule has 0 unspecified atom stereocenters. The first-order valence-corrected chi connectivity index (χ1v) is 4.57. The summed E-state index contributed by atoms with van der Waals surface area (Å²) >= 11 is 0. The van der Waals surface area contributed by atoms with Crippen LogP contribution in [0.4, 0.5) is 4.79 Å². The Hall–Kier alpha value is -1.30. The van der Waals surface area contributed by atoms with Crippen LogP contribution >= 0.6 is 0 Å². The Morgan fingerprint density at radius 2 is 2.06 bits per heavy atom. The van der Waals surface area contributed by atoms with Crippen LogP contribution in [0.3, 0.4) is 0 Å². The van der Waals surface area contributed by atoms with E-state index < -0.39 is 43.8 Å². The van der Waals surface area contributed by atoms with Gasteiger partial charge in [-0.3, -0.25) is 0 Å². The van der Waals surface area contributed by atoms with Gasteiger partial charge in [0.05, 0.1) is 7.98 Å². The van der Waals surface area contributed by atoms with Crippen LogP contribution in [0.25, 0.3) is 0 Å². The van der Waals surface area contributed by atoms with E-state index in [1.165, 1.54) is 0 Å². The maximum atomic E-state index is 11.5. The molecule has 0 aliphatic heterocycles. The Labute approximate surface area is 97.7 Å². The monoisotopic (exact) mass is 235 g/mol. The van der Waals surface area contributed by atoms with Gasteiger partial charge < -0.3 is 19.9 Å². The molecule has 0 aromatic heterocycles. The van der Waals surface area contributed by atoms with Crippen molar-refractivity contribution in [3.8, 4) is 0 Å². The molecule has 0 saturated heterocycles. The molecule has 6 heteroatoms. The van der Waals surface area contributed by atoms with E-state index in [1.807, 2.05) is 0 Å². The summed E-state index contributed by atoms with van der Waals surface area (Å²) in [6.45, 7) is 3.82. The zero-order chi connectivity index (χ0) is 14.4. The van der Waals surface area contributed by atoms with Crippen molar-refractivity contribution >= 4 is 12.1 Å². The highest BCUT2D eigenvalue weighted by atomic mass is 16.6. The number of hydrogen-bond acceptors (Lipinski definition) is 4. The molecule has 1 atom stereocenters. The number of aliphatic carboxylic acids is 1. The molecule has 0 radical (unpaired) electrons. The van der Waals surface area contributed by atoms with Crippen molar-refractivity contribution in [1.29, 1.82) is 0 Å². The van der Waals surface area contributed by atoms with Gasteiger partial charge in [0, 0.05) is 8.46 Å². The maximum absolute atomic E-state index is 11.5. The Kier molecular flexibility index (Phi) is 3.61. The SMILES string of the molecule is [2H]COC[C@](C[2H])(NC(=O)OC(C)(C)C)C(=O)O. The summed E-state index contributed by atoms with van der Waals surface area (Å²) in [5.41, 5.74) is -2.67. The predicted octanol–water partition coefficient (Wildman–Crippen LogP) is 1.00. The Balaban J connectivity index is 4.78. The molecular formula is C10H19NO5. The predicted molar refractivity (Wildman–Crippen MR) is 57.3 cm³/mol. The maximum Gasteiger partial charge on any atom is 0.408 e. The molecule has 0 rings (SSSR count). The molecule has 94 valence electrons. The standard InChI is InChI=1S/C10H19NO5/c1-9(2,3)16-8(14)11-10(4,6-15-5)7(12)13/h6H2,1-5H3,(H,11,14)(H,12,13)/t10-/m0/s1/i4D,5D. The normalized spacial score (nSPS) is 16.7. The molecule has 0 spiro atoms. The first kappa shape index (κ1) is 11.2. The van der Waals surface area contributed by atoms with Gasteiger partial charge in [-0.2, -0.15) is 0 Å². The molecule has 6 nitrogen and oxygen atoms in total. The highest BCUT2D eigenvalue weighted by Crippen LogP contribution is 2.10. The van der Waals surface area contributed by atoms with E-state index in [-0.39, 0.29) is 0 Å². The lowest BCUT2D eigenvalue weighted by Crippen LogP contribution is -2.56. The van der Waals surface area contributed by atoms with E-state index in [0.29, 0.717) is 0 Å². The third-order valence-electron chi connectivity index (χ3n) is 1.50. The van der Waals surface area contributed by atoms with Gasteiger partial charge >= 0.3 is 12.1 Å². The van der Waals surface area contributed by atoms with E-state index in [0.717, 1.165) is 0 Å². The van der Waals surface area contributed by atoms with Crippen LogP contribution in [0.2, 0.25) is 0 Å². The summed E-state index contributed by atoms with van der Waals surface area (Å²) in [7, 11) is -0.453. The van der Waals surface area contributed by atoms with Crippen LogP contribution in [0, 0.1) is 0 Å². The lowest BCUT2D eigenvalue weighted by Gasteiger charge is -2.27. The van der Waals surface area contributed by atoms with Gasteiger partial charge in [-0.25, -0.2) is 9.59 Å². The number of rotatable bonds is 4. The van der Waals surface area contributed by atoms with Gasteiger partial charge in [0.15, 0.2) is 5.54 Å². The summed E-state index contributed by atoms with van der Waals surface area (Å²) in [5, 5.41) is 11.2. The molecule has 0 aliphatic rings. The fourth-order valence-corrected chi connectivity index (χ4v) is 0.824. The average Bonchev–Trinajstić information content (AvgIpc) is 2.21. The molecule has 1 amide bonds. The summed E-state index contributed by atoms with van der Waals surface area (Å²) in [5.74, 6) is -1.41. The van der Waals surface area contributed by atoms with Gasteiger partial charge in [-0.05, 0) is 27.7 Å². The highest BCUT2D eigenvalue weighted by molar-refractivity contribution is 5.84. The van der Waals surface area contributed by atoms with Gasteiger partial charge in [0.25, 0.3) is 0 Å². The Bertz CT molecular complexity index is 305. The summed E-state index contributed by atoms with van der Waals surface area (Å²) in [6, 6.07) is 0. The summed E-state index contributed by atoms with van der Waals surface area (Å²) in [4.78, 5) is 22.6. The molecule has 0 aliphatic carbocycles. The fraction of sp³-hybridized carbons (Fsp3) is 0.800. The molecule has 0 bridgehead atoms. The molecule has 2 N–H and O–H groups in total. The molecule has 0 fully saturated rings. The smallest absolute Gasteiger partial charge is 0.408 e. The number of hydrogen-bond donors (Lipinski definition) is 2. The van der Waals surface area contributed by atoms with Gasteiger partial charge in [-0.15, -0.1) is 0 Å². The average molecular weight is 235 g/mol. The number of carbonyl (C=O) groups excluding carboxylic acids is 1. The third kappa shape index (κ3) is 4.97. The second kappa shape index (κ2) is 5.16. The van der Waals surface area contributed by atoms with Crippen LogP contribution in [0.1, 0.15) is 30.4 Å². The number of nitrogens with one attached hydrogen (secondary N) is 1. The number of carboxylic acids is 1. The van der Waals surface area contributed by atoms with E-state index in [2.05, 4.69) is 10.1 Å². The fourth-order valence-electron chi connectivity index (χ4n) is 0.824. The second-order valence-electron chi connectivity index (χ2n) is 4.36. The van der Waals surface area contributed by atoms with Crippen LogP contribution in [0.5, 0.6) is 0 Å². The molecule has 0 aromatic rings. The Morgan fingerprint density at radius 3 is 2.44 bits per heavy atom. The number of carboxylic acid groups (broad SMARTS) is 1. The number of amides is 1. The van der Waals surface area contributed by atoms with Crippen molar-refractivity contribution in [3.63, 3.8) is 0 Å². The number of ether oxygens (including phenoxy) is 2. The van der Waals surface area contributed by atoms with Crippen molar-refractivity contribution < 1.29 is 26.9 Å². The Morgan fingerprint density at radius 1 is 1.44 bits per heavy atom. The third-order valence-corrected chi connectivity index (χ3v) is 1.50. The van der Waals surface area contributed by atoms with Crippen molar-refractivity contribution in [2.24, 2.45) is 0 Å². The number of methoxy groups -OCH3 is 1. The first-order valence-electron chi connectivity index (χ1n) is 5.99. The molecule has 0 aromatic carbocycles. The van der Waals surface area contributed by atoms with Gasteiger partial charge in [0.2, 0.25) is 0 Å². The zero-order valence-electron chi connectivity index (χ0n) is 11.7. The van der Waals surface area contributed by atoms with Gasteiger partial charge in [-0.1, -0.05) is 0 Å². The zero-order valence-corrected chi connectivity index (χ0v) is 9.70. The highest BCUT2D eigenvalue weighted by Gasteiger charge is 2.36.